The molecule has 0 fully saturated rings. The van der Waals surface area contributed by atoms with Crippen molar-refractivity contribution in [3.63, 3.8) is 0 Å². The van der Waals surface area contributed by atoms with Crippen LogP contribution in [0.25, 0.3) is 10.8 Å². The van der Waals surface area contributed by atoms with Crippen molar-refractivity contribution in [3.05, 3.63) is 41.2 Å². The summed E-state index contributed by atoms with van der Waals surface area (Å²) in [5.74, 6) is 0. The monoisotopic (exact) mass is 207 g/mol. The van der Waals surface area contributed by atoms with Crippen molar-refractivity contribution in [2.24, 2.45) is 0 Å². The number of pyridine rings is 1. The molecular weight excluding hydrogens is 194 g/mol. The van der Waals surface area contributed by atoms with Gasteiger partial charge in [0.2, 0.25) is 0 Å². The first kappa shape index (κ1) is 11.0. The zero-order valence-electron chi connectivity index (χ0n) is 8.71. The van der Waals surface area contributed by atoms with Crippen LogP contribution in [0.15, 0.2) is 30.6 Å². The Bertz CT molecular complexity index is 383. The molecule has 0 amide bonds. The van der Waals surface area contributed by atoms with E-state index >= 15 is 0 Å². The van der Waals surface area contributed by atoms with Gasteiger partial charge < -0.3 is 0 Å². The molecule has 0 aliphatic rings. The van der Waals surface area contributed by atoms with Crippen molar-refractivity contribution >= 4 is 22.4 Å². The summed E-state index contributed by atoms with van der Waals surface area (Å²) in [7, 11) is 0. The van der Waals surface area contributed by atoms with E-state index in [2.05, 4.69) is 11.9 Å². The molecule has 14 heavy (non-hydrogen) atoms. The highest BCUT2D eigenvalue weighted by Gasteiger charge is 1.99. The van der Waals surface area contributed by atoms with Crippen molar-refractivity contribution in [1.82, 2.24) is 4.98 Å². The van der Waals surface area contributed by atoms with Crippen LogP contribution in [0.2, 0.25) is 5.02 Å². The number of aryl methyl sites for hydroxylation is 1. The van der Waals surface area contributed by atoms with Crippen molar-refractivity contribution in [3.8, 4) is 0 Å². The van der Waals surface area contributed by atoms with Gasteiger partial charge in [0.25, 0.3) is 0 Å². The molecule has 0 aliphatic heterocycles. The van der Waals surface area contributed by atoms with E-state index < -0.39 is 0 Å². The molecule has 0 bridgehead atoms. The molecule has 0 saturated heterocycles. The van der Waals surface area contributed by atoms with Crippen LogP contribution in [-0.4, -0.2) is 4.98 Å². The summed E-state index contributed by atoms with van der Waals surface area (Å²) in [5, 5.41) is 2.97. The summed E-state index contributed by atoms with van der Waals surface area (Å²) in [4.78, 5) is 4.03. The highest BCUT2D eigenvalue weighted by Crippen LogP contribution is 2.24. The fraction of sp³-hybridized carbons (Fsp3) is 0.250. The van der Waals surface area contributed by atoms with Crippen LogP contribution in [0.5, 0.6) is 0 Å². The van der Waals surface area contributed by atoms with E-state index in [9.17, 15) is 0 Å². The van der Waals surface area contributed by atoms with E-state index in [0.717, 1.165) is 10.4 Å². The summed E-state index contributed by atoms with van der Waals surface area (Å²) in [6.45, 7) is 6.07. The van der Waals surface area contributed by atoms with Gasteiger partial charge in [-0.1, -0.05) is 31.5 Å². The SMILES string of the molecule is CC.Cc1ccc(Cl)c2cnccc12. The fourth-order valence-electron chi connectivity index (χ4n) is 1.31. The highest BCUT2D eigenvalue weighted by atomic mass is 35.5. The van der Waals surface area contributed by atoms with Gasteiger partial charge in [0.15, 0.2) is 0 Å². The summed E-state index contributed by atoms with van der Waals surface area (Å²) >= 11 is 5.99. The van der Waals surface area contributed by atoms with Crippen molar-refractivity contribution < 1.29 is 0 Å². The third-order valence-corrected chi connectivity index (χ3v) is 2.31. The second kappa shape index (κ2) is 4.97. The standard InChI is InChI=1S/C10H8ClN.C2H6/c1-7-2-3-10(11)9-6-12-5-4-8(7)9;1-2/h2-6H,1H3;1-2H3. The second-order valence-electron chi connectivity index (χ2n) is 2.79. The maximum Gasteiger partial charge on any atom is 0.0500 e. The number of rotatable bonds is 0. The molecule has 0 aliphatic carbocycles. The van der Waals surface area contributed by atoms with Gasteiger partial charge in [0.05, 0.1) is 0 Å². The molecule has 0 N–H and O–H groups in total. The van der Waals surface area contributed by atoms with Gasteiger partial charge in [-0.15, -0.1) is 0 Å². The zero-order chi connectivity index (χ0) is 10.6. The zero-order valence-corrected chi connectivity index (χ0v) is 9.47. The first-order valence-electron chi connectivity index (χ1n) is 4.78. The molecule has 1 aromatic carbocycles. The number of benzene rings is 1. The van der Waals surface area contributed by atoms with E-state index in [1.807, 2.05) is 32.0 Å². The molecule has 0 spiro atoms. The lowest BCUT2D eigenvalue weighted by molar-refractivity contribution is 1.35. The van der Waals surface area contributed by atoms with E-state index in [0.29, 0.717) is 0 Å². The van der Waals surface area contributed by atoms with Crippen molar-refractivity contribution in [1.29, 1.82) is 0 Å². The Kier molecular flexibility index (Phi) is 3.90. The van der Waals surface area contributed by atoms with Gasteiger partial charge >= 0.3 is 0 Å². The Morgan fingerprint density at radius 3 is 2.43 bits per heavy atom. The molecule has 2 aromatic rings. The van der Waals surface area contributed by atoms with Gasteiger partial charge in [-0.05, 0) is 30.0 Å². The lowest BCUT2D eigenvalue weighted by Gasteiger charge is -2.01. The van der Waals surface area contributed by atoms with Gasteiger partial charge in [-0.3, -0.25) is 4.98 Å². The second-order valence-corrected chi connectivity index (χ2v) is 3.19. The van der Waals surface area contributed by atoms with E-state index in [4.69, 9.17) is 11.6 Å². The lowest BCUT2D eigenvalue weighted by atomic mass is 10.1. The first-order chi connectivity index (χ1) is 6.79. The van der Waals surface area contributed by atoms with Crippen molar-refractivity contribution in [2.45, 2.75) is 20.8 Å². The number of hydrogen-bond donors (Lipinski definition) is 0. The summed E-state index contributed by atoms with van der Waals surface area (Å²) in [6.07, 6.45) is 3.58. The Labute approximate surface area is 89.7 Å². The molecule has 0 unspecified atom stereocenters. The van der Waals surface area contributed by atoms with Crippen LogP contribution in [0.4, 0.5) is 0 Å². The van der Waals surface area contributed by atoms with Crippen LogP contribution in [0.1, 0.15) is 19.4 Å². The van der Waals surface area contributed by atoms with Crippen LogP contribution < -0.4 is 0 Å². The molecule has 2 rings (SSSR count). The number of aromatic nitrogens is 1. The molecule has 0 saturated carbocycles. The van der Waals surface area contributed by atoms with Crippen LogP contribution in [0, 0.1) is 6.92 Å². The summed E-state index contributed by atoms with van der Waals surface area (Å²) in [6, 6.07) is 5.90. The molecule has 74 valence electrons. The number of hydrogen-bond acceptors (Lipinski definition) is 1. The molecule has 0 radical (unpaired) electrons. The third kappa shape index (κ3) is 2.05. The lowest BCUT2D eigenvalue weighted by Crippen LogP contribution is -1.80. The number of nitrogens with zero attached hydrogens (tertiary/aromatic N) is 1. The minimum absolute atomic E-state index is 0.767. The predicted molar refractivity (Wildman–Crippen MR) is 62.8 cm³/mol. The van der Waals surface area contributed by atoms with E-state index in [-0.39, 0.29) is 0 Å². The normalized spacial score (nSPS) is 9.43. The number of halogens is 1. The molecule has 1 heterocycles. The largest absolute Gasteiger partial charge is 0.264 e. The summed E-state index contributed by atoms with van der Waals surface area (Å²) in [5.41, 5.74) is 1.23. The minimum atomic E-state index is 0.767. The molecule has 0 atom stereocenters. The maximum atomic E-state index is 5.99. The average Bonchev–Trinajstić information content (AvgIpc) is 2.27. The average molecular weight is 208 g/mol. The third-order valence-electron chi connectivity index (χ3n) is 1.98. The van der Waals surface area contributed by atoms with Crippen molar-refractivity contribution in [2.75, 3.05) is 0 Å². The van der Waals surface area contributed by atoms with E-state index in [1.165, 1.54) is 10.9 Å². The predicted octanol–water partition coefficient (Wildman–Crippen LogP) is 4.22. The maximum absolute atomic E-state index is 5.99. The number of fused-ring (bicyclic) bond motifs is 1. The smallest absolute Gasteiger partial charge is 0.0500 e. The molecule has 1 nitrogen and oxygen atoms in total. The topological polar surface area (TPSA) is 12.9 Å². The molecule has 1 aromatic heterocycles. The van der Waals surface area contributed by atoms with Crippen LogP contribution >= 0.6 is 11.6 Å². The highest BCUT2D eigenvalue weighted by molar-refractivity contribution is 6.35. The van der Waals surface area contributed by atoms with Crippen LogP contribution in [0.3, 0.4) is 0 Å². The summed E-state index contributed by atoms with van der Waals surface area (Å²) < 4.78 is 0. The Balaban J connectivity index is 0.000000461. The van der Waals surface area contributed by atoms with Gasteiger partial charge in [-0.25, -0.2) is 0 Å². The van der Waals surface area contributed by atoms with Gasteiger partial charge in [0, 0.05) is 22.8 Å². The fourth-order valence-corrected chi connectivity index (χ4v) is 1.52. The molecule has 2 heteroatoms. The Morgan fingerprint density at radius 2 is 1.79 bits per heavy atom. The first-order valence-corrected chi connectivity index (χ1v) is 5.15. The minimum Gasteiger partial charge on any atom is -0.264 e. The Hall–Kier alpha value is -1.08. The Morgan fingerprint density at radius 1 is 1.07 bits per heavy atom. The van der Waals surface area contributed by atoms with Gasteiger partial charge in [0.1, 0.15) is 0 Å². The van der Waals surface area contributed by atoms with Crippen LogP contribution in [-0.2, 0) is 0 Å². The van der Waals surface area contributed by atoms with E-state index in [1.54, 1.807) is 12.4 Å². The molecular formula is C12H14ClN. The quantitative estimate of drug-likeness (QED) is 0.630. The van der Waals surface area contributed by atoms with Gasteiger partial charge in [-0.2, -0.15) is 0 Å².